The molecule has 0 unspecified atom stereocenters. The highest BCUT2D eigenvalue weighted by atomic mass is 32.2. The zero-order chi connectivity index (χ0) is 19.8. The molecule has 5 aromatic rings. The van der Waals surface area contributed by atoms with Gasteiger partial charge < -0.3 is 8.94 Å². The minimum Gasteiger partial charge on any atom is -0.422 e. The van der Waals surface area contributed by atoms with E-state index < -0.39 is 10.0 Å². The highest BCUT2D eigenvalue weighted by Gasteiger charge is 2.32. The van der Waals surface area contributed by atoms with Crippen LogP contribution in [0.15, 0.2) is 92.2 Å². The van der Waals surface area contributed by atoms with E-state index in [0.29, 0.717) is 27.4 Å². The van der Waals surface area contributed by atoms with E-state index in [4.69, 9.17) is 8.94 Å². The van der Waals surface area contributed by atoms with E-state index in [9.17, 15) is 8.42 Å². The number of aromatic nitrogens is 2. The number of hydrogen-bond donors (Lipinski definition) is 0. The van der Waals surface area contributed by atoms with Crippen molar-refractivity contribution >= 4 is 44.2 Å². The van der Waals surface area contributed by atoms with Crippen molar-refractivity contribution in [3.63, 3.8) is 0 Å². The first kappa shape index (κ1) is 17.7. The average Bonchev–Trinajstić information content (AvgIpc) is 3.48. The van der Waals surface area contributed by atoms with Crippen molar-refractivity contribution in [3.8, 4) is 10.6 Å². The summed E-state index contributed by atoms with van der Waals surface area (Å²) in [5.41, 5.74) is 2.08. The minimum atomic E-state index is -3.99. The Bertz CT molecular complexity index is 1340. The maximum Gasteiger partial charge on any atom is 0.317 e. The lowest BCUT2D eigenvalue weighted by Crippen LogP contribution is -2.25. The fourth-order valence-corrected chi connectivity index (χ4v) is 5.60. The van der Waals surface area contributed by atoms with E-state index in [1.807, 2.05) is 18.2 Å². The molecule has 0 saturated heterocycles. The van der Waals surface area contributed by atoms with E-state index in [1.54, 1.807) is 54.6 Å². The van der Waals surface area contributed by atoms with Gasteiger partial charge in [0.25, 0.3) is 10.0 Å². The number of oxazole rings is 1. The molecule has 0 radical (unpaired) electrons. The average molecular weight is 423 g/mol. The Balaban J connectivity index is 1.66. The molecular weight excluding hydrogens is 410 g/mol. The number of rotatable bonds is 5. The van der Waals surface area contributed by atoms with Crippen molar-refractivity contribution in [2.24, 2.45) is 0 Å². The Morgan fingerprint density at radius 1 is 0.897 bits per heavy atom. The van der Waals surface area contributed by atoms with Crippen LogP contribution in [0, 0.1) is 0 Å². The molecule has 0 bridgehead atoms. The number of para-hydroxylation sites is 3. The number of hydrogen-bond acceptors (Lipinski definition) is 7. The molecule has 3 heterocycles. The Labute approximate surface area is 169 Å². The number of benzene rings is 2. The Morgan fingerprint density at radius 3 is 2.45 bits per heavy atom. The van der Waals surface area contributed by atoms with Crippen LogP contribution in [-0.4, -0.2) is 18.6 Å². The number of fused-ring (bicyclic) bond motifs is 1. The van der Waals surface area contributed by atoms with Crippen LogP contribution in [-0.2, 0) is 10.0 Å². The highest BCUT2D eigenvalue weighted by Crippen LogP contribution is 2.37. The van der Waals surface area contributed by atoms with Gasteiger partial charge in [-0.2, -0.15) is 17.7 Å². The monoisotopic (exact) mass is 423 g/mol. The van der Waals surface area contributed by atoms with Gasteiger partial charge in [-0.3, -0.25) is 0 Å². The highest BCUT2D eigenvalue weighted by molar-refractivity contribution is 7.95. The molecule has 0 aliphatic rings. The number of anilines is 2. The predicted molar refractivity (Wildman–Crippen MR) is 110 cm³/mol. The third kappa shape index (κ3) is 3.10. The summed E-state index contributed by atoms with van der Waals surface area (Å²) >= 11 is 1.10. The first-order chi connectivity index (χ1) is 14.1. The summed E-state index contributed by atoms with van der Waals surface area (Å²) < 4.78 is 39.1. The van der Waals surface area contributed by atoms with Crippen molar-refractivity contribution in [2.45, 2.75) is 4.21 Å². The number of nitrogens with zero attached hydrogens (tertiary/aromatic N) is 3. The number of sulfonamides is 1. The Hall–Kier alpha value is -3.43. The lowest BCUT2D eigenvalue weighted by molar-refractivity contribution is 0.422. The maximum atomic E-state index is 13.6. The molecule has 3 aromatic heterocycles. The first-order valence-corrected chi connectivity index (χ1v) is 10.9. The Kier molecular flexibility index (Phi) is 4.18. The van der Waals surface area contributed by atoms with E-state index in [1.165, 1.54) is 6.26 Å². The fraction of sp³-hybridized carbons (Fsp3) is 0. The van der Waals surface area contributed by atoms with Crippen LogP contribution in [0.4, 0.5) is 11.7 Å². The van der Waals surface area contributed by atoms with Gasteiger partial charge in [0.2, 0.25) is 0 Å². The molecule has 2 aromatic carbocycles. The van der Waals surface area contributed by atoms with Gasteiger partial charge >= 0.3 is 6.01 Å². The quantitative estimate of drug-likeness (QED) is 0.392. The second-order valence-electron chi connectivity index (χ2n) is 6.07. The van der Waals surface area contributed by atoms with Gasteiger partial charge in [0, 0.05) is 6.07 Å². The molecule has 0 amide bonds. The predicted octanol–water partition coefficient (Wildman–Crippen LogP) is 5.07. The molecule has 5 rings (SSSR count). The maximum absolute atomic E-state index is 13.6. The molecule has 0 saturated carbocycles. The molecule has 0 atom stereocenters. The molecule has 9 heteroatoms. The van der Waals surface area contributed by atoms with Crippen molar-refractivity contribution in [1.82, 2.24) is 10.1 Å². The molecule has 7 nitrogen and oxygen atoms in total. The first-order valence-electron chi connectivity index (χ1n) is 8.59. The lowest BCUT2D eigenvalue weighted by atomic mass is 10.3. The minimum absolute atomic E-state index is 0.0196. The zero-order valence-electron chi connectivity index (χ0n) is 14.8. The zero-order valence-corrected chi connectivity index (χ0v) is 16.4. The van der Waals surface area contributed by atoms with Gasteiger partial charge in [0.1, 0.15) is 21.7 Å². The summed E-state index contributed by atoms with van der Waals surface area (Å²) in [6, 6.07) is 20.8. The van der Waals surface area contributed by atoms with Gasteiger partial charge in [0.15, 0.2) is 5.58 Å². The summed E-state index contributed by atoms with van der Waals surface area (Å²) in [6.45, 7) is 0. The van der Waals surface area contributed by atoms with Gasteiger partial charge in [-0.25, -0.2) is 0 Å². The van der Waals surface area contributed by atoms with Gasteiger partial charge in [0.05, 0.1) is 10.6 Å². The van der Waals surface area contributed by atoms with E-state index in [0.717, 1.165) is 15.6 Å². The summed E-state index contributed by atoms with van der Waals surface area (Å²) in [7, 11) is -3.99. The lowest BCUT2D eigenvalue weighted by Gasteiger charge is -2.19. The van der Waals surface area contributed by atoms with Crippen LogP contribution in [0.5, 0.6) is 0 Å². The van der Waals surface area contributed by atoms with Crippen LogP contribution in [0.25, 0.3) is 21.7 Å². The van der Waals surface area contributed by atoms with Crippen molar-refractivity contribution in [2.75, 3.05) is 4.31 Å². The third-order valence-corrected chi connectivity index (χ3v) is 7.49. The van der Waals surface area contributed by atoms with Gasteiger partial charge in [-0.05, 0) is 36.4 Å². The summed E-state index contributed by atoms with van der Waals surface area (Å²) in [5, 5.41) is 3.87. The largest absolute Gasteiger partial charge is 0.422 e. The number of thiophene rings is 1. The van der Waals surface area contributed by atoms with Gasteiger partial charge in [-0.15, -0.1) is 11.3 Å². The van der Waals surface area contributed by atoms with Crippen LogP contribution in [0.2, 0.25) is 0 Å². The molecule has 0 spiro atoms. The molecule has 29 heavy (non-hydrogen) atoms. The SMILES string of the molecule is O=S(=O)(c1ccc(-c2ccon2)s1)N(c1ccccc1)c1nc2ccccc2o1. The van der Waals surface area contributed by atoms with Gasteiger partial charge in [-0.1, -0.05) is 35.5 Å². The van der Waals surface area contributed by atoms with E-state index in [2.05, 4.69) is 10.1 Å². The van der Waals surface area contributed by atoms with Crippen LogP contribution >= 0.6 is 11.3 Å². The summed E-state index contributed by atoms with van der Waals surface area (Å²) in [4.78, 5) is 5.08. The standard InChI is InChI=1S/C20H13N3O4S2/c24-29(25,19-11-10-18(28-19)16-12-13-26-22-16)23(14-6-2-1-3-7-14)20-21-15-8-4-5-9-17(15)27-20/h1-13H. The Morgan fingerprint density at radius 2 is 1.69 bits per heavy atom. The summed E-state index contributed by atoms with van der Waals surface area (Å²) in [5.74, 6) is 0. The van der Waals surface area contributed by atoms with Crippen LogP contribution in [0.1, 0.15) is 0 Å². The molecule has 0 aliphatic heterocycles. The van der Waals surface area contributed by atoms with E-state index >= 15 is 0 Å². The molecule has 0 N–H and O–H groups in total. The second kappa shape index (κ2) is 6.87. The van der Waals surface area contributed by atoms with Crippen LogP contribution in [0.3, 0.4) is 0 Å². The van der Waals surface area contributed by atoms with E-state index in [-0.39, 0.29) is 10.2 Å². The van der Waals surface area contributed by atoms with Crippen LogP contribution < -0.4 is 4.31 Å². The molecule has 144 valence electrons. The molecular formula is C20H13N3O4S2. The molecule has 0 fully saturated rings. The fourth-order valence-electron chi connectivity index (χ4n) is 2.89. The molecule has 0 aliphatic carbocycles. The van der Waals surface area contributed by atoms with Crippen molar-refractivity contribution in [3.05, 3.63) is 79.1 Å². The van der Waals surface area contributed by atoms with Crippen molar-refractivity contribution in [1.29, 1.82) is 0 Å². The third-order valence-electron chi connectivity index (χ3n) is 4.21. The topological polar surface area (TPSA) is 89.4 Å². The smallest absolute Gasteiger partial charge is 0.317 e. The second-order valence-corrected chi connectivity index (χ2v) is 9.17. The normalized spacial score (nSPS) is 11.7. The van der Waals surface area contributed by atoms with Crippen molar-refractivity contribution < 1.29 is 17.4 Å². The summed E-state index contributed by atoms with van der Waals surface area (Å²) in [6.07, 6.45) is 1.44.